The van der Waals surface area contributed by atoms with Crippen molar-refractivity contribution in [3.63, 3.8) is 0 Å². The van der Waals surface area contributed by atoms with Gasteiger partial charge in [-0.2, -0.15) is 0 Å². The van der Waals surface area contributed by atoms with E-state index in [1.807, 2.05) is 0 Å². The maximum Gasteiger partial charge on any atom is 0.0141 e. The third-order valence-electron chi connectivity index (χ3n) is 3.12. The molecule has 0 saturated heterocycles. The molecular weight excluding hydrogens is 182 g/mol. The zero-order chi connectivity index (χ0) is 10.9. The lowest BCUT2D eigenvalue weighted by atomic mass is 9.74. The number of rotatable bonds is 2. The molecular formula is C14H21N. The summed E-state index contributed by atoms with van der Waals surface area (Å²) in [5.74, 6) is 0.727. The Kier molecular flexibility index (Phi) is 2.83. The molecule has 1 saturated carbocycles. The van der Waals surface area contributed by atoms with Crippen LogP contribution in [0.3, 0.4) is 0 Å². The molecule has 0 aromatic heterocycles. The summed E-state index contributed by atoms with van der Waals surface area (Å²) < 4.78 is 0. The van der Waals surface area contributed by atoms with Crippen LogP contribution in [0.25, 0.3) is 0 Å². The van der Waals surface area contributed by atoms with E-state index in [1.165, 1.54) is 18.4 Å². The fourth-order valence-electron chi connectivity index (χ4n) is 2.33. The zero-order valence-corrected chi connectivity index (χ0v) is 9.96. The average molecular weight is 203 g/mol. The molecule has 0 aliphatic heterocycles. The van der Waals surface area contributed by atoms with Crippen LogP contribution in [-0.4, -0.2) is 11.6 Å². The summed E-state index contributed by atoms with van der Waals surface area (Å²) in [5.41, 5.74) is 1.73. The second kappa shape index (κ2) is 3.97. The van der Waals surface area contributed by atoms with Crippen molar-refractivity contribution in [2.45, 2.75) is 51.1 Å². The molecule has 0 heterocycles. The normalized spacial score (nSPS) is 26.1. The summed E-state index contributed by atoms with van der Waals surface area (Å²) in [6.07, 6.45) is 2.65. The Morgan fingerprint density at radius 2 is 1.73 bits per heavy atom. The van der Waals surface area contributed by atoms with Gasteiger partial charge in [-0.25, -0.2) is 0 Å². The van der Waals surface area contributed by atoms with E-state index in [1.54, 1.807) is 0 Å². The molecule has 2 rings (SSSR count). The van der Waals surface area contributed by atoms with Crippen LogP contribution >= 0.6 is 0 Å². The molecule has 2 atom stereocenters. The van der Waals surface area contributed by atoms with Crippen LogP contribution in [0.4, 0.5) is 0 Å². The van der Waals surface area contributed by atoms with E-state index < -0.39 is 0 Å². The van der Waals surface area contributed by atoms with Crippen molar-refractivity contribution in [3.8, 4) is 0 Å². The van der Waals surface area contributed by atoms with Gasteiger partial charge in [0, 0.05) is 11.6 Å². The van der Waals surface area contributed by atoms with Crippen molar-refractivity contribution in [2.24, 2.45) is 0 Å². The van der Waals surface area contributed by atoms with Crippen molar-refractivity contribution in [1.82, 2.24) is 5.32 Å². The Morgan fingerprint density at radius 1 is 1.07 bits per heavy atom. The first-order valence-electron chi connectivity index (χ1n) is 5.89. The van der Waals surface area contributed by atoms with Crippen LogP contribution in [0.5, 0.6) is 0 Å². The van der Waals surface area contributed by atoms with Gasteiger partial charge >= 0.3 is 0 Å². The fourth-order valence-corrected chi connectivity index (χ4v) is 2.33. The van der Waals surface area contributed by atoms with Gasteiger partial charge in [-0.1, -0.05) is 30.3 Å². The van der Waals surface area contributed by atoms with E-state index in [9.17, 15) is 0 Å². The smallest absolute Gasteiger partial charge is 0.0141 e. The van der Waals surface area contributed by atoms with Crippen molar-refractivity contribution >= 4 is 0 Å². The minimum Gasteiger partial charge on any atom is -0.309 e. The molecule has 0 amide bonds. The molecule has 1 aliphatic rings. The molecule has 0 spiro atoms. The molecule has 1 heteroatoms. The lowest BCUT2D eigenvalue weighted by Gasteiger charge is -2.42. The largest absolute Gasteiger partial charge is 0.309 e. The van der Waals surface area contributed by atoms with Gasteiger partial charge in [0.2, 0.25) is 0 Å². The Balaban J connectivity index is 2.01. The third kappa shape index (κ3) is 2.60. The highest BCUT2D eigenvalue weighted by atomic mass is 15.0. The number of hydrogen-bond donors (Lipinski definition) is 1. The lowest BCUT2D eigenvalue weighted by molar-refractivity contribution is 0.228. The van der Waals surface area contributed by atoms with Gasteiger partial charge in [-0.3, -0.25) is 0 Å². The van der Waals surface area contributed by atoms with E-state index >= 15 is 0 Å². The van der Waals surface area contributed by atoms with E-state index in [4.69, 9.17) is 0 Å². The molecule has 15 heavy (non-hydrogen) atoms. The lowest BCUT2D eigenvalue weighted by Crippen LogP contribution is -2.50. The Labute approximate surface area is 92.9 Å². The summed E-state index contributed by atoms with van der Waals surface area (Å²) in [6, 6.07) is 11.5. The van der Waals surface area contributed by atoms with Crippen molar-refractivity contribution in [2.75, 3.05) is 0 Å². The third-order valence-corrected chi connectivity index (χ3v) is 3.12. The van der Waals surface area contributed by atoms with E-state index in [-0.39, 0.29) is 5.54 Å². The predicted octanol–water partition coefficient (Wildman–Crippen LogP) is 3.32. The van der Waals surface area contributed by atoms with Gasteiger partial charge in [0.05, 0.1) is 0 Å². The number of nitrogens with one attached hydrogen (secondary N) is 1. The zero-order valence-electron chi connectivity index (χ0n) is 9.96. The summed E-state index contributed by atoms with van der Waals surface area (Å²) >= 11 is 0. The minimum absolute atomic E-state index is 0.234. The van der Waals surface area contributed by atoms with Gasteiger partial charge in [-0.15, -0.1) is 0 Å². The number of hydrogen-bond acceptors (Lipinski definition) is 1. The predicted molar refractivity (Wildman–Crippen MR) is 65.1 cm³/mol. The van der Waals surface area contributed by atoms with Crippen LogP contribution < -0.4 is 5.32 Å². The molecule has 0 radical (unpaired) electrons. The van der Waals surface area contributed by atoms with Crippen LogP contribution in [-0.2, 0) is 0 Å². The minimum atomic E-state index is 0.234. The van der Waals surface area contributed by atoms with Crippen LogP contribution in [0, 0.1) is 0 Å². The van der Waals surface area contributed by atoms with Gasteiger partial charge in [-0.05, 0) is 45.1 Å². The maximum absolute atomic E-state index is 3.70. The monoisotopic (exact) mass is 203 g/mol. The standard InChI is InChI=1S/C14H21N/c1-14(2,3)15-13-10-9-12(13)11-7-5-4-6-8-11/h4-8,12-13,15H,9-10H2,1-3H3/t12?,13-/m1/s1. The Morgan fingerprint density at radius 3 is 2.20 bits per heavy atom. The van der Waals surface area contributed by atoms with Gasteiger partial charge in [0.15, 0.2) is 0 Å². The molecule has 1 N–H and O–H groups in total. The molecule has 1 aromatic rings. The molecule has 82 valence electrons. The Bertz CT molecular complexity index is 310. The highest BCUT2D eigenvalue weighted by Gasteiger charge is 2.33. The van der Waals surface area contributed by atoms with E-state index in [2.05, 4.69) is 56.4 Å². The van der Waals surface area contributed by atoms with E-state index in [0.717, 1.165) is 5.92 Å². The van der Waals surface area contributed by atoms with Gasteiger partial charge < -0.3 is 5.32 Å². The molecule has 0 bridgehead atoms. The van der Waals surface area contributed by atoms with Crippen LogP contribution in [0.2, 0.25) is 0 Å². The van der Waals surface area contributed by atoms with Gasteiger partial charge in [0.25, 0.3) is 0 Å². The highest BCUT2D eigenvalue weighted by Crippen LogP contribution is 2.37. The second-order valence-electron chi connectivity index (χ2n) is 5.60. The quantitative estimate of drug-likeness (QED) is 0.777. The first-order valence-corrected chi connectivity index (χ1v) is 5.89. The van der Waals surface area contributed by atoms with Crippen molar-refractivity contribution in [3.05, 3.63) is 35.9 Å². The topological polar surface area (TPSA) is 12.0 Å². The van der Waals surface area contributed by atoms with Crippen LogP contribution in [0.1, 0.15) is 45.1 Å². The summed E-state index contributed by atoms with van der Waals surface area (Å²) in [5, 5.41) is 3.70. The fraction of sp³-hybridized carbons (Fsp3) is 0.571. The SMILES string of the molecule is CC(C)(C)N[C@@H]1CCC1c1ccccc1. The van der Waals surface area contributed by atoms with Crippen molar-refractivity contribution in [1.29, 1.82) is 0 Å². The summed E-state index contributed by atoms with van der Waals surface area (Å²) in [7, 11) is 0. The second-order valence-corrected chi connectivity index (χ2v) is 5.60. The Hall–Kier alpha value is -0.820. The van der Waals surface area contributed by atoms with Crippen molar-refractivity contribution < 1.29 is 0 Å². The molecule has 1 aliphatic carbocycles. The maximum atomic E-state index is 3.70. The number of benzene rings is 1. The average Bonchev–Trinajstić information content (AvgIpc) is 2.13. The first kappa shape index (κ1) is 10.7. The molecule has 1 aromatic carbocycles. The summed E-state index contributed by atoms with van der Waals surface area (Å²) in [4.78, 5) is 0. The summed E-state index contributed by atoms with van der Waals surface area (Å²) in [6.45, 7) is 6.73. The van der Waals surface area contributed by atoms with Crippen LogP contribution in [0.15, 0.2) is 30.3 Å². The van der Waals surface area contributed by atoms with Gasteiger partial charge in [0.1, 0.15) is 0 Å². The molecule has 1 fully saturated rings. The van der Waals surface area contributed by atoms with E-state index in [0.29, 0.717) is 6.04 Å². The molecule has 1 nitrogen and oxygen atoms in total. The first-order chi connectivity index (χ1) is 7.06. The molecule has 1 unspecified atom stereocenters. The highest BCUT2D eigenvalue weighted by molar-refractivity contribution is 5.24.